The molecule has 3 rings (SSSR count). The van der Waals surface area contributed by atoms with E-state index in [0.29, 0.717) is 36.9 Å². The molecule has 33 heavy (non-hydrogen) atoms. The maximum atomic E-state index is 12.8. The topological polar surface area (TPSA) is 72.7 Å². The highest BCUT2D eigenvalue weighted by molar-refractivity contribution is 14.0. The van der Waals surface area contributed by atoms with Crippen molar-refractivity contribution in [3.05, 3.63) is 77.6 Å². The Morgan fingerprint density at radius 1 is 1.09 bits per heavy atom. The van der Waals surface area contributed by atoms with Gasteiger partial charge in [0.1, 0.15) is 11.5 Å². The van der Waals surface area contributed by atoms with Gasteiger partial charge in [0.25, 0.3) is 0 Å². The maximum absolute atomic E-state index is 12.8. The monoisotopic (exact) mass is 571 g/mol. The average Bonchev–Trinajstić information content (AvgIpc) is 3.30. The molecule has 1 heterocycles. The third-order valence-electron chi connectivity index (χ3n) is 4.69. The number of hydrogen-bond acceptors (Lipinski definition) is 4. The quantitative estimate of drug-likeness (QED) is 0.214. The fourth-order valence-corrected chi connectivity index (χ4v) is 3.15. The van der Waals surface area contributed by atoms with Crippen molar-refractivity contribution in [2.24, 2.45) is 4.99 Å². The minimum atomic E-state index is -2.91. The summed E-state index contributed by atoms with van der Waals surface area (Å²) >= 11 is 0. The predicted molar refractivity (Wildman–Crippen MR) is 134 cm³/mol. The van der Waals surface area contributed by atoms with Crippen LogP contribution in [0.2, 0.25) is 0 Å². The van der Waals surface area contributed by atoms with Crippen LogP contribution in [0.25, 0.3) is 0 Å². The normalized spacial score (nSPS) is 11.1. The van der Waals surface area contributed by atoms with Crippen molar-refractivity contribution in [3.8, 4) is 11.5 Å². The summed E-state index contributed by atoms with van der Waals surface area (Å²) in [5, 5.41) is 10.8. The van der Waals surface area contributed by atoms with E-state index in [-0.39, 0.29) is 36.3 Å². The third-order valence-corrected chi connectivity index (χ3v) is 4.69. The van der Waals surface area contributed by atoms with Crippen LogP contribution in [0, 0.1) is 0 Å². The zero-order valence-electron chi connectivity index (χ0n) is 18.5. The molecule has 0 bridgehead atoms. The zero-order valence-corrected chi connectivity index (χ0v) is 20.8. The number of methoxy groups -OCH3 is 1. The lowest BCUT2D eigenvalue weighted by molar-refractivity contribution is -0.0504. The molecule has 0 saturated carbocycles. The molecule has 0 radical (unpaired) electrons. The van der Waals surface area contributed by atoms with E-state index in [1.807, 2.05) is 42.1 Å². The van der Waals surface area contributed by atoms with Crippen LogP contribution in [-0.2, 0) is 19.6 Å². The van der Waals surface area contributed by atoms with Crippen molar-refractivity contribution in [1.29, 1.82) is 0 Å². The van der Waals surface area contributed by atoms with E-state index < -0.39 is 6.61 Å². The Bertz CT molecular complexity index is 1020. The molecule has 0 fully saturated rings. The fourth-order valence-electron chi connectivity index (χ4n) is 3.15. The van der Waals surface area contributed by atoms with Gasteiger partial charge in [-0.05, 0) is 42.3 Å². The van der Waals surface area contributed by atoms with Crippen LogP contribution >= 0.6 is 24.0 Å². The first kappa shape index (κ1) is 26.4. The van der Waals surface area contributed by atoms with E-state index >= 15 is 0 Å². The smallest absolute Gasteiger partial charge is 0.387 e. The average molecular weight is 571 g/mol. The SMILES string of the molecule is CCNC(=NCc1cc(OC)ccc1OC(F)F)NCc1ccccc1Cn1cccn1.I. The summed E-state index contributed by atoms with van der Waals surface area (Å²) in [6.07, 6.45) is 3.67. The number of aliphatic imine (C=N–C) groups is 1. The predicted octanol–water partition coefficient (Wildman–Crippen LogP) is 4.41. The summed E-state index contributed by atoms with van der Waals surface area (Å²) in [4.78, 5) is 4.54. The summed E-state index contributed by atoms with van der Waals surface area (Å²) < 4.78 is 37.2. The Kier molecular flexibility index (Phi) is 10.9. The van der Waals surface area contributed by atoms with E-state index in [0.717, 1.165) is 11.1 Å². The Morgan fingerprint density at radius 3 is 2.55 bits per heavy atom. The highest BCUT2D eigenvalue weighted by Crippen LogP contribution is 2.26. The Labute approximate surface area is 209 Å². The Morgan fingerprint density at radius 2 is 1.88 bits per heavy atom. The number of rotatable bonds is 10. The highest BCUT2D eigenvalue weighted by Gasteiger charge is 2.11. The van der Waals surface area contributed by atoms with Gasteiger partial charge in [-0.2, -0.15) is 13.9 Å². The second-order valence-corrected chi connectivity index (χ2v) is 6.87. The summed E-state index contributed by atoms with van der Waals surface area (Å²) in [6.45, 7) is 1.05. The first-order chi connectivity index (χ1) is 15.6. The molecule has 0 aliphatic carbocycles. The van der Waals surface area contributed by atoms with Crippen molar-refractivity contribution in [1.82, 2.24) is 20.4 Å². The van der Waals surface area contributed by atoms with Gasteiger partial charge in [-0.15, -0.1) is 24.0 Å². The number of nitrogens with one attached hydrogen (secondary N) is 2. The van der Waals surface area contributed by atoms with Gasteiger partial charge in [0, 0.05) is 31.0 Å². The zero-order chi connectivity index (χ0) is 22.8. The molecule has 0 spiro atoms. The number of alkyl halides is 2. The van der Waals surface area contributed by atoms with Crippen molar-refractivity contribution in [2.75, 3.05) is 13.7 Å². The third kappa shape index (κ3) is 8.19. The van der Waals surface area contributed by atoms with E-state index in [1.165, 1.54) is 13.2 Å². The summed E-state index contributed by atoms with van der Waals surface area (Å²) in [5.74, 6) is 1.18. The van der Waals surface area contributed by atoms with Crippen molar-refractivity contribution >= 4 is 29.9 Å². The van der Waals surface area contributed by atoms with Crippen LogP contribution in [0.3, 0.4) is 0 Å². The van der Waals surface area contributed by atoms with Crippen molar-refractivity contribution in [2.45, 2.75) is 33.2 Å². The minimum absolute atomic E-state index is 0. The van der Waals surface area contributed by atoms with E-state index in [2.05, 4.69) is 31.5 Å². The largest absolute Gasteiger partial charge is 0.497 e. The van der Waals surface area contributed by atoms with Crippen LogP contribution in [0.1, 0.15) is 23.6 Å². The number of hydrogen-bond donors (Lipinski definition) is 2. The lowest BCUT2D eigenvalue weighted by atomic mass is 10.1. The summed E-state index contributed by atoms with van der Waals surface area (Å²) in [7, 11) is 1.52. The number of nitrogens with zero attached hydrogens (tertiary/aromatic N) is 3. The van der Waals surface area contributed by atoms with Crippen molar-refractivity contribution < 1.29 is 18.3 Å². The van der Waals surface area contributed by atoms with Crippen LogP contribution < -0.4 is 20.1 Å². The molecule has 0 saturated heterocycles. The molecule has 0 atom stereocenters. The van der Waals surface area contributed by atoms with Crippen LogP contribution in [0.4, 0.5) is 8.78 Å². The molecule has 3 aromatic rings. The Balaban J connectivity index is 0.00000385. The highest BCUT2D eigenvalue weighted by atomic mass is 127. The summed E-state index contributed by atoms with van der Waals surface area (Å²) in [5.41, 5.74) is 2.75. The standard InChI is InChI=1S/C23H27F2N5O2.HI/c1-3-26-23(28-15-19-13-20(31-2)9-10-21(19)32-22(24)25)27-14-17-7-4-5-8-18(17)16-30-12-6-11-29-30;/h4-13,22H,3,14-16H2,1-2H3,(H2,26,27,28);1H. The van der Waals surface area contributed by atoms with E-state index in [4.69, 9.17) is 4.74 Å². The van der Waals surface area contributed by atoms with Gasteiger partial charge in [-0.1, -0.05) is 24.3 Å². The van der Waals surface area contributed by atoms with Gasteiger partial charge >= 0.3 is 6.61 Å². The van der Waals surface area contributed by atoms with Gasteiger partial charge < -0.3 is 20.1 Å². The summed E-state index contributed by atoms with van der Waals surface area (Å²) in [6, 6.07) is 14.7. The molecular formula is C23H28F2IN5O2. The number of guanidine groups is 1. The fraction of sp³-hybridized carbons (Fsp3) is 0.304. The van der Waals surface area contributed by atoms with Gasteiger partial charge in [0.15, 0.2) is 5.96 Å². The molecule has 2 N–H and O–H groups in total. The van der Waals surface area contributed by atoms with Gasteiger partial charge in [-0.25, -0.2) is 4.99 Å². The van der Waals surface area contributed by atoms with Gasteiger partial charge in [0.2, 0.25) is 0 Å². The van der Waals surface area contributed by atoms with Gasteiger partial charge in [0.05, 0.1) is 20.2 Å². The molecule has 0 aliphatic rings. The van der Waals surface area contributed by atoms with Crippen LogP contribution in [-0.4, -0.2) is 36.0 Å². The van der Waals surface area contributed by atoms with Gasteiger partial charge in [-0.3, -0.25) is 4.68 Å². The second-order valence-electron chi connectivity index (χ2n) is 6.87. The first-order valence-electron chi connectivity index (χ1n) is 10.3. The van der Waals surface area contributed by atoms with Crippen LogP contribution in [0.15, 0.2) is 65.9 Å². The molecule has 7 nitrogen and oxygen atoms in total. The van der Waals surface area contributed by atoms with Crippen LogP contribution in [0.5, 0.6) is 11.5 Å². The first-order valence-corrected chi connectivity index (χ1v) is 10.3. The molecule has 0 amide bonds. The number of aromatic nitrogens is 2. The molecule has 178 valence electrons. The molecule has 0 unspecified atom stereocenters. The molecule has 10 heteroatoms. The van der Waals surface area contributed by atoms with E-state index in [1.54, 1.807) is 18.3 Å². The minimum Gasteiger partial charge on any atom is -0.497 e. The number of ether oxygens (including phenoxy) is 2. The molecule has 1 aromatic heterocycles. The maximum Gasteiger partial charge on any atom is 0.387 e. The number of benzene rings is 2. The lowest BCUT2D eigenvalue weighted by Crippen LogP contribution is -2.37. The van der Waals surface area contributed by atoms with E-state index in [9.17, 15) is 8.78 Å². The van der Waals surface area contributed by atoms with Crippen molar-refractivity contribution in [3.63, 3.8) is 0 Å². The molecule has 0 aliphatic heterocycles. The Hall–Kier alpha value is -2.89. The molecular weight excluding hydrogens is 543 g/mol. The lowest BCUT2D eigenvalue weighted by Gasteiger charge is -2.15. The second kappa shape index (κ2) is 13.6. The number of halogens is 3. The molecule has 2 aromatic carbocycles.